The highest BCUT2D eigenvalue weighted by atomic mass is 16.5. The summed E-state index contributed by atoms with van der Waals surface area (Å²) in [6, 6.07) is 20.8. The van der Waals surface area contributed by atoms with Crippen LogP contribution in [0.25, 0.3) is 22.3 Å². The van der Waals surface area contributed by atoms with E-state index in [-0.39, 0.29) is 18.0 Å². The molecule has 0 atom stereocenters. The molecule has 4 aromatic rings. The van der Waals surface area contributed by atoms with Gasteiger partial charge in [-0.2, -0.15) is 0 Å². The van der Waals surface area contributed by atoms with Gasteiger partial charge in [-0.15, -0.1) is 0 Å². The fourth-order valence-corrected chi connectivity index (χ4v) is 4.83. The first-order chi connectivity index (χ1) is 18.5. The van der Waals surface area contributed by atoms with Gasteiger partial charge in [0.05, 0.1) is 32.2 Å². The highest BCUT2D eigenvalue weighted by molar-refractivity contribution is 5.82. The molecule has 0 unspecified atom stereocenters. The minimum Gasteiger partial charge on any atom is -0.493 e. The molecule has 1 fully saturated rings. The first-order valence-electron chi connectivity index (χ1n) is 12.4. The van der Waals surface area contributed by atoms with Gasteiger partial charge in [0, 0.05) is 37.4 Å². The van der Waals surface area contributed by atoms with Crippen molar-refractivity contribution in [2.75, 3.05) is 52.4 Å². The maximum absolute atomic E-state index is 13.7. The molecule has 0 N–H and O–H groups in total. The normalized spacial score (nSPS) is 13.4. The van der Waals surface area contributed by atoms with E-state index >= 15 is 0 Å². The monoisotopic (exact) mass is 514 g/mol. The van der Waals surface area contributed by atoms with Gasteiger partial charge in [0.2, 0.25) is 11.7 Å². The Hall–Kier alpha value is -4.53. The van der Waals surface area contributed by atoms with Crippen LogP contribution in [-0.4, -0.2) is 67.9 Å². The van der Waals surface area contributed by atoms with E-state index in [9.17, 15) is 9.59 Å². The molecule has 0 spiro atoms. The van der Waals surface area contributed by atoms with Crippen LogP contribution in [0.2, 0.25) is 0 Å². The maximum atomic E-state index is 13.7. The number of para-hydroxylation sites is 2. The molecule has 0 aliphatic carbocycles. The van der Waals surface area contributed by atoms with Gasteiger partial charge in [0.25, 0.3) is 5.56 Å². The average molecular weight is 515 g/mol. The lowest BCUT2D eigenvalue weighted by Crippen LogP contribution is -2.50. The van der Waals surface area contributed by atoms with Gasteiger partial charge < -0.3 is 24.0 Å². The number of benzene rings is 3. The summed E-state index contributed by atoms with van der Waals surface area (Å²) < 4.78 is 17.9. The molecule has 0 saturated carbocycles. The van der Waals surface area contributed by atoms with Crippen molar-refractivity contribution < 1.29 is 19.0 Å². The second kappa shape index (κ2) is 10.8. The molecule has 196 valence electrons. The molecular weight excluding hydrogens is 484 g/mol. The van der Waals surface area contributed by atoms with Gasteiger partial charge in [0.1, 0.15) is 12.4 Å². The number of carbonyl (C=O) groups is 1. The Bertz CT molecular complexity index is 1490. The summed E-state index contributed by atoms with van der Waals surface area (Å²) in [6.45, 7) is 2.46. The molecule has 1 aliphatic rings. The van der Waals surface area contributed by atoms with Crippen LogP contribution in [0.5, 0.6) is 17.2 Å². The van der Waals surface area contributed by atoms with Crippen LogP contribution in [-0.2, 0) is 11.3 Å². The Morgan fingerprint density at radius 3 is 2.11 bits per heavy atom. The van der Waals surface area contributed by atoms with Gasteiger partial charge in [-0.3, -0.25) is 14.2 Å². The van der Waals surface area contributed by atoms with E-state index in [1.807, 2.05) is 24.3 Å². The van der Waals surface area contributed by atoms with E-state index in [4.69, 9.17) is 19.2 Å². The standard InChI is InChI=1S/C29H30N4O5/c1-36-24-17-20(18-25(37-2)27(24)38-3)28-30-23-12-8-7-11-22(23)29(35)33(28)19-26(34)32-15-13-31(14-16-32)21-9-5-4-6-10-21/h4-12,17-18H,13-16,19H2,1-3H3. The zero-order valence-corrected chi connectivity index (χ0v) is 21.7. The first kappa shape index (κ1) is 25.1. The minimum atomic E-state index is -0.282. The third kappa shape index (κ3) is 4.74. The highest BCUT2D eigenvalue weighted by Gasteiger charge is 2.24. The van der Waals surface area contributed by atoms with Crippen molar-refractivity contribution >= 4 is 22.5 Å². The number of fused-ring (bicyclic) bond motifs is 1. The summed E-state index contributed by atoms with van der Waals surface area (Å²) in [5, 5.41) is 0.449. The van der Waals surface area contributed by atoms with Crippen LogP contribution >= 0.6 is 0 Å². The zero-order chi connectivity index (χ0) is 26.6. The van der Waals surface area contributed by atoms with Crippen molar-refractivity contribution in [1.29, 1.82) is 0 Å². The van der Waals surface area contributed by atoms with E-state index in [2.05, 4.69) is 17.0 Å². The van der Waals surface area contributed by atoms with E-state index in [1.165, 1.54) is 25.9 Å². The number of carbonyl (C=O) groups excluding carboxylic acids is 1. The molecular formula is C29H30N4O5. The predicted octanol–water partition coefficient (Wildman–Crippen LogP) is 3.44. The van der Waals surface area contributed by atoms with Gasteiger partial charge in [-0.05, 0) is 36.4 Å². The van der Waals surface area contributed by atoms with Crippen molar-refractivity contribution in [3.63, 3.8) is 0 Å². The Labute approximate surface area is 220 Å². The third-order valence-electron chi connectivity index (χ3n) is 6.83. The van der Waals surface area contributed by atoms with Gasteiger partial charge in [0.15, 0.2) is 11.5 Å². The zero-order valence-electron chi connectivity index (χ0n) is 21.7. The number of anilines is 1. The number of nitrogens with zero attached hydrogens (tertiary/aromatic N) is 4. The molecule has 0 bridgehead atoms. The van der Waals surface area contributed by atoms with Crippen molar-refractivity contribution in [2.24, 2.45) is 0 Å². The average Bonchev–Trinajstić information content (AvgIpc) is 2.98. The second-order valence-electron chi connectivity index (χ2n) is 8.96. The summed E-state index contributed by atoms with van der Waals surface area (Å²) in [6.07, 6.45) is 0. The topological polar surface area (TPSA) is 86.1 Å². The number of hydrogen-bond acceptors (Lipinski definition) is 7. The molecule has 1 amide bonds. The lowest BCUT2D eigenvalue weighted by molar-refractivity contribution is -0.132. The smallest absolute Gasteiger partial charge is 0.262 e. The lowest BCUT2D eigenvalue weighted by atomic mass is 10.1. The molecule has 1 aliphatic heterocycles. The van der Waals surface area contributed by atoms with Crippen LogP contribution in [0.1, 0.15) is 0 Å². The summed E-state index contributed by atoms with van der Waals surface area (Å²) in [7, 11) is 4.58. The van der Waals surface area contributed by atoms with Crippen LogP contribution in [0.3, 0.4) is 0 Å². The lowest BCUT2D eigenvalue weighted by Gasteiger charge is -2.36. The van der Waals surface area contributed by atoms with Crippen LogP contribution in [0.15, 0.2) is 71.5 Å². The first-order valence-corrected chi connectivity index (χ1v) is 12.4. The highest BCUT2D eigenvalue weighted by Crippen LogP contribution is 2.40. The maximum Gasteiger partial charge on any atom is 0.262 e. The number of piperazine rings is 1. The molecule has 2 heterocycles. The van der Waals surface area contributed by atoms with Gasteiger partial charge in [-0.1, -0.05) is 30.3 Å². The number of ether oxygens (including phenoxy) is 3. The summed E-state index contributed by atoms with van der Waals surface area (Å²) in [5.74, 6) is 1.51. The third-order valence-corrected chi connectivity index (χ3v) is 6.83. The Balaban J connectivity index is 1.50. The second-order valence-corrected chi connectivity index (χ2v) is 8.96. The number of hydrogen-bond donors (Lipinski definition) is 0. The van der Waals surface area contributed by atoms with Crippen LogP contribution in [0, 0.1) is 0 Å². The molecule has 9 heteroatoms. The molecule has 5 rings (SSSR count). The molecule has 1 saturated heterocycles. The Kier molecular flexibility index (Phi) is 7.17. The number of aromatic nitrogens is 2. The summed E-state index contributed by atoms with van der Waals surface area (Å²) >= 11 is 0. The molecule has 3 aromatic carbocycles. The van der Waals surface area contributed by atoms with E-state index in [0.29, 0.717) is 52.6 Å². The number of amides is 1. The molecule has 9 nitrogen and oxygen atoms in total. The Morgan fingerprint density at radius 2 is 1.47 bits per heavy atom. The number of rotatable bonds is 7. The fraction of sp³-hybridized carbons (Fsp3) is 0.276. The van der Waals surface area contributed by atoms with Gasteiger partial charge >= 0.3 is 0 Å². The van der Waals surface area contributed by atoms with Gasteiger partial charge in [-0.25, -0.2) is 4.98 Å². The molecule has 1 aromatic heterocycles. The van der Waals surface area contributed by atoms with E-state index in [0.717, 1.165) is 18.8 Å². The summed E-state index contributed by atoms with van der Waals surface area (Å²) in [5.41, 5.74) is 1.97. The SMILES string of the molecule is COc1cc(-c2nc3ccccc3c(=O)n2CC(=O)N2CCN(c3ccccc3)CC2)cc(OC)c1OC. The quantitative estimate of drug-likeness (QED) is 0.374. The van der Waals surface area contributed by atoms with Crippen molar-refractivity contribution in [3.8, 4) is 28.6 Å². The minimum absolute atomic E-state index is 0.131. The predicted molar refractivity (Wildman–Crippen MR) is 146 cm³/mol. The van der Waals surface area contributed by atoms with Crippen molar-refractivity contribution in [2.45, 2.75) is 6.54 Å². The van der Waals surface area contributed by atoms with E-state index < -0.39 is 0 Å². The molecule has 38 heavy (non-hydrogen) atoms. The summed E-state index contributed by atoms with van der Waals surface area (Å²) in [4.78, 5) is 36.0. The Morgan fingerprint density at radius 1 is 0.842 bits per heavy atom. The van der Waals surface area contributed by atoms with Crippen LogP contribution < -0.4 is 24.7 Å². The number of methoxy groups -OCH3 is 3. The molecule has 0 radical (unpaired) electrons. The van der Waals surface area contributed by atoms with Crippen molar-refractivity contribution in [3.05, 3.63) is 77.1 Å². The fourth-order valence-electron chi connectivity index (χ4n) is 4.83. The van der Waals surface area contributed by atoms with Crippen LogP contribution in [0.4, 0.5) is 5.69 Å². The largest absolute Gasteiger partial charge is 0.493 e. The van der Waals surface area contributed by atoms with Crippen molar-refractivity contribution in [1.82, 2.24) is 14.5 Å². The van der Waals surface area contributed by atoms with E-state index in [1.54, 1.807) is 35.2 Å².